The molecule has 0 spiro atoms. The van der Waals surface area contributed by atoms with Gasteiger partial charge < -0.3 is 9.47 Å². The molecule has 0 atom stereocenters. The first-order valence-electron chi connectivity index (χ1n) is 10.5. The SMILES string of the molecule is COc1ccc(N(C(=O)CCCOc2cc(C)c(Cl)c(C)c2)S(=O)(=O)c2ccccc2)cc1Cl. The van der Waals surface area contributed by atoms with Crippen molar-refractivity contribution in [1.82, 2.24) is 0 Å². The Morgan fingerprint density at radius 2 is 1.62 bits per heavy atom. The number of carbonyl (C=O) groups is 1. The number of ether oxygens (including phenoxy) is 2. The molecular weight excluding hydrogens is 497 g/mol. The molecule has 1 amide bonds. The van der Waals surface area contributed by atoms with Crippen LogP contribution in [0.25, 0.3) is 0 Å². The number of hydrogen-bond acceptors (Lipinski definition) is 5. The number of carbonyl (C=O) groups excluding carboxylic acids is 1. The molecule has 0 N–H and O–H groups in total. The van der Waals surface area contributed by atoms with Crippen LogP contribution in [0.5, 0.6) is 11.5 Å². The van der Waals surface area contributed by atoms with E-state index in [1.807, 2.05) is 26.0 Å². The minimum Gasteiger partial charge on any atom is -0.495 e. The molecule has 0 aromatic heterocycles. The summed E-state index contributed by atoms with van der Waals surface area (Å²) in [5, 5.41) is 0.875. The Morgan fingerprint density at radius 1 is 0.971 bits per heavy atom. The van der Waals surface area contributed by atoms with Crippen LogP contribution in [0.15, 0.2) is 65.6 Å². The third kappa shape index (κ3) is 5.84. The van der Waals surface area contributed by atoms with Crippen LogP contribution in [0.4, 0.5) is 5.69 Å². The smallest absolute Gasteiger partial charge is 0.270 e. The van der Waals surface area contributed by atoms with Crippen molar-refractivity contribution in [2.24, 2.45) is 0 Å². The lowest BCUT2D eigenvalue weighted by molar-refractivity contribution is -0.117. The fraction of sp³-hybridized carbons (Fsp3) is 0.240. The first-order chi connectivity index (χ1) is 16.1. The molecule has 0 unspecified atom stereocenters. The second kappa shape index (κ2) is 11.1. The Morgan fingerprint density at radius 3 is 2.21 bits per heavy atom. The van der Waals surface area contributed by atoms with Crippen LogP contribution in [-0.4, -0.2) is 28.0 Å². The van der Waals surface area contributed by atoms with Gasteiger partial charge in [-0.1, -0.05) is 41.4 Å². The molecule has 0 radical (unpaired) electrons. The first kappa shape index (κ1) is 25.9. The van der Waals surface area contributed by atoms with Crippen LogP contribution in [0.3, 0.4) is 0 Å². The summed E-state index contributed by atoms with van der Waals surface area (Å²) in [7, 11) is -2.71. The van der Waals surface area contributed by atoms with E-state index < -0.39 is 15.9 Å². The van der Waals surface area contributed by atoms with Crippen molar-refractivity contribution in [3.63, 3.8) is 0 Å². The fourth-order valence-electron chi connectivity index (χ4n) is 3.40. The molecule has 0 saturated carbocycles. The zero-order chi connectivity index (χ0) is 24.9. The quantitative estimate of drug-likeness (QED) is 0.313. The molecule has 180 valence electrons. The van der Waals surface area contributed by atoms with E-state index in [0.29, 0.717) is 22.9 Å². The summed E-state index contributed by atoms with van der Waals surface area (Å²) in [5.41, 5.74) is 1.91. The number of amides is 1. The molecule has 3 aromatic carbocycles. The number of sulfonamides is 1. The van der Waals surface area contributed by atoms with E-state index in [2.05, 4.69) is 0 Å². The van der Waals surface area contributed by atoms with E-state index in [1.165, 1.54) is 37.4 Å². The highest BCUT2D eigenvalue weighted by molar-refractivity contribution is 7.93. The van der Waals surface area contributed by atoms with Gasteiger partial charge in [-0.05, 0) is 73.9 Å². The summed E-state index contributed by atoms with van der Waals surface area (Å²) in [4.78, 5) is 13.2. The molecule has 6 nitrogen and oxygen atoms in total. The van der Waals surface area contributed by atoms with Crippen molar-refractivity contribution in [3.8, 4) is 11.5 Å². The predicted molar refractivity (Wildman–Crippen MR) is 135 cm³/mol. The molecule has 0 aliphatic carbocycles. The monoisotopic (exact) mass is 521 g/mol. The Kier molecular flexibility index (Phi) is 8.47. The largest absolute Gasteiger partial charge is 0.495 e. The zero-order valence-corrected chi connectivity index (χ0v) is 21.4. The van der Waals surface area contributed by atoms with Gasteiger partial charge in [0.2, 0.25) is 5.91 Å². The van der Waals surface area contributed by atoms with E-state index in [4.69, 9.17) is 32.7 Å². The minimum atomic E-state index is -4.17. The van der Waals surface area contributed by atoms with Crippen molar-refractivity contribution < 1.29 is 22.7 Å². The summed E-state index contributed by atoms with van der Waals surface area (Å²) in [6.07, 6.45) is 0.255. The third-order valence-corrected chi connectivity index (χ3v) is 7.75. The second-order valence-corrected chi connectivity index (χ2v) is 10.2. The Labute approximate surface area is 210 Å². The van der Waals surface area contributed by atoms with Gasteiger partial charge in [0.15, 0.2) is 0 Å². The molecule has 0 aliphatic heterocycles. The van der Waals surface area contributed by atoms with Crippen LogP contribution in [0.2, 0.25) is 10.0 Å². The molecule has 3 rings (SSSR count). The summed E-state index contributed by atoms with van der Waals surface area (Å²) in [5.74, 6) is 0.413. The van der Waals surface area contributed by atoms with Gasteiger partial charge >= 0.3 is 0 Å². The molecule has 0 aliphatic rings. The maximum atomic E-state index is 13.4. The average molecular weight is 522 g/mol. The summed E-state index contributed by atoms with van der Waals surface area (Å²) in [6.45, 7) is 4.00. The third-order valence-electron chi connectivity index (χ3n) is 5.09. The lowest BCUT2D eigenvalue weighted by atomic mass is 10.1. The minimum absolute atomic E-state index is 0.00125. The normalized spacial score (nSPS) is 11.2. The summed E-state index contributed by atoms with van der Waals surface area (Å²) >= 11 is 12.4. The zero-order valence-electron chi connectivity index (χ0n) is 19.0. The fourth-order valence-corrected chi connectivity index (χ4v) is 5.22. The molecular formula is C25H25Cl2NO5S. The van der Waals surface area contributed by atoms with Crippen molar-refractivity contribution in [1.29, 1.82) is 0 Å². The van der Waals surface area contributed by atoms with Gasteiger partial charge in [-0.2, -0.15) is 0 Å². The molecule has 9 heteroatoms. The number of hydrogen-bond donors (Lipinski definition) is 0. The summed E-state index contributed by atoms with van der Waals surface area (Å²) < 4.78 is 38.5. The van der Waals surface area contributed by atoms with Gasteiger partial charge in [-0.25, -0.2) is 12.7 Å². The van der Waals surface area contributed by atoms with Crippen molar-refractivity contribution in [3.05, 3.63) is 81.8 Å². The lowest BCUT2D eigenvalue weighted by Gasteiger charge is -2.23. The number of aryl methyl sites for hydroxylation is 2. The van der Waals surface area contributed by atoms with Crippen molar-refractivity contribution in [2.75, 3.05) is 18.0 Å². The number of benzene rings is 3. The Bertz CT molecular complexity index is 1260. The Hall–Kier alpha value is -2.74. The van der Waals surface area contributed by atoms with Gasteiger partial charge in [-0.15, -0.1) is 0 Å². The molecule has 0 bridgehead atoms. The van der Waals surface area contributed by atoms with Crippen molar-refractivity contribution in [2.45, 2.75) is 31.6 Å². The highest BCUT2D eigenvalue weighted by atomic mass is 35.5. The van der Waals surface area contributed by atoms with Gasteiger partial charge in [0.25, 0.3) is 10.0 Å². The van der Waals surface area contributed by atoms with Crippen LogP contribution in [0, 0.1) is 13.8 Å². The topological polar surface area (TPSA) is 72.9 Å². The number of anilines is 1. The van der Waals surface area contributed by atoms with E-state index >= 15 is 0 Å². The van der Waals surface area contributed by atoms with Crippen LogP contribution in [0.1, 0.15) is 24.0 Å². The predicted octanol–water partition coefficient (Wildman–Crippen LogP) is 6.20. The maximum absolute atomic E-state index is 13.4. The van der Waals surface area contributed by atoms with Crippen LogP contribution >= 0.6 is 23.2 Å². The Balaban J connectivity index is 1.80. The van der Waals surface area contributed by atoms with E-state index in [9.17, 15) is 13.2 Å². The van der Waals surface area contributed by atoms with E-state index in [0.717, 1.165) is 15.4 Å². The van der Waals surface area contributed by atoms with E-state index in [1.54, 1.807) is 18.2 Å². The highest BCUT2D eigenvalue weighted by Crippen LogP contribution is 2.32. The van der Waals surface area contributed by atoms with Crippen molar-refractivity contribution >= 4 is 44.8 Å². The first-order valence-corrected chi connectivity index (χ1v) is 12.7. The summed E-state index contributed by atoms with van der Waals surface area (Å²) in [6, 6.07) is 15.8. The molecule has 0 saturated heterocycles. The molecule has 3 aromatic rings. The van der Waals surface area contributed by atoms with E-state index in [-0.39, 0.29) is 28.6 Å². The molecule has 0 fully saturated rings. The highest BCUT2D eigenvalue weighted by Gasteiger charge is 2.31. The van der Waals surface area contributed by atoms with Gasteiger partial charge in [0.1, 0.15) is 11.5 Å². The van der Waals surface area contributed by atoms with Gasteiger partial charge in [0, 0.05) is 11.4 Å². The van der Waals surface area contributed by atoms with Crippen LogP contribution < -0.4 is 13.8 Å². The number of rotatable bonds is 9. The average Bonchev–Trinajstić information content (AvgIpc) is 2.81. The van der Waals surface area contributed by atoms with Gasteiger partial charge in [-0.3, -0.25) is 4.79 Å². The van der Waals surface area contributed by atoms with Gasteiger partial charge in [0.05, 0.1) is 29.3 Å². The van der Waals surface area contributed by atoms with Crippen LogP contribution in [-0.2, 0) is 14.8 Å². The number of halogens is 2. The second-order valence-electron chi connectivity index (χ2n) is 7.62. The molecule has 0 heterocycles. The standard InChI is InChI=1S/C25H25Cl2NO5S/c1-17-14-20(15-18(2)25(17)27)33-13-7-10-24(29)28(19-11-12-23(32-3)22(26)16-19)34(30,31)21-8-5-4-6-9-21/h4-6,8-9,11-12,14-16H,7,10,13H2,1-3H3. The number of nitrogens with zero attached hydrogens (tertiary/aromatic N) is 1. The number of methoxy groups -OCH3 is 1. The maximum Gasteiger partial charge on any atom is 0.270 e. The molecule has 34 heavy (non-hydrogen) atoms. The lowest BCUT2D eigenvalue weighted by Crippen LogP contribution is -2.37.